The highest BCUT2D eigenvalue weighted by molar-refractivity contribution is 8.26. The van der Waals surface area contributed by atoms with Crippen LogP contribution < -0.4 is 10.2 Å². The Hall–Kier alpha value is -0.620. The molecule has 1 aliphatic rings. The molecule has 102 valence electrons. The summed E-state index contributed by atoms with van der Waals surface area (Å²) in [6, 6.07) is 0. The first-order chi connectivity index (χ1) is 8.22. The summed E-state index contributed by atoms with van der Waals surface area (Å²) in [7, 11) is 0. The van der Waals surface area contributed by atoms with E-state index in [1.807, 2.05) is 0 Å². The predicted molar refractivity (Wildman–Crippen MR) is 69.5 cm³/mol. The maximum Gasteiger partial charge on any atom is 0.0750 e. The van der Waals surface area contributed by atoms with Gasteiger partial charge in [0, 0.05) is 16.1 Å². The Kier molecular flexibility index (Phi) is 4.78. The fraction of sp³-hybridized carbons (Fsp3) is 0.667. The van der Waals surface area contributed by atoms with Gasteiger partial charge in [-0.25, -0.2) is 0 Å². The van der Waals surface area contributed by atoms with Crippen LogP contribution in [0.5, 0.6) is 0 Å². The van der Waals surface area contributed by atoms with Crippen LogP contribution in [-0.2, 0) is 9.59 Å². The van der Waals surface area contributed by atoms with Gasteiger partial charge in [-0.2, -0.15) is 0 Å². The van der Waals surface area contributed by atoms with Gasteiger partial charge >= 0.3 is 0 Å². The number of carboxylic acid groups (broad SMARTS) is 2. The molecule has 0 radical (unpaired) electrons. The number of hydrogen-bond donors (Lipinski definition) is 0. The average molecular weight is 288 g/mol. The topological polar surface area (TPSA) is 80.3 Å². The Balaban J connectivity index is 3.17. The van der Waals surface area contributed by atoms with Crippen LogP contribution in [0.3, 0.4) is 0 Å². The highest BCUT2D eigenvalue weighted by atomic mass is 32.2. The molecular formula is C12H16O4S2-2. The molecule has 0 aromatic rings. The van der Waals surface area contributed by atoms with Crippen LogP contribution in [0.4, 0.5) is 0 Å². The first-order valence-electron chi connectivity index (χ1n) is 5.71. The van der Waals surface area contributed by atoms with Gasteiger partial charge < -0.3 is 19.8 Å². The molecule has 6 heteroatoms. The molecule has 0 amide bonds. The normalized spacial score (nSPS) is 18.4. The monoisotopic (exact) mass is 288 g/mol. The minimum absolute atomic E-state index is 0.143. The smallest absolute Gasteiger partial charge is 0.0750 e. The lowest BCUT2D eigenvalue weighted by Gasteiger charge is -2.35. The molecule has 4 nitrogen and oxygen atoms in total. The Morgan fingerprint density at radius 3 is 1.83 bits per heavy atom. The molecule has 0 unspecified atom stereocenters. The van der Waals surface area contributed by atoms with Crippen molar-refractivity contribution in [3.63, 3.8) is 0 Å². The van der Waals surface area contributed by atoms with E-state index >= 15 is 0 Å². The van der Waals surface area contributed by atoms with Crippen LogP contribution >= 0.6 is 23.5 Å². The van der Waals surface area contributed by atoms with Crippen molar-refractivity contribution >= 4 is 35.5 Å². The van der Waals surface area contributed by atoms with Crippen LogP contribution in [0.25, 0.3) is 0 Å². The maximum absolute atomic E-state index is 10.9. The zero-order valence-corrected chi connectivity index (χ0v) is 12.4. The van der Waals surface area contributed by atoms with E-state index in [1.54, 1.807) is 0 Å². The second kappa shape index (κ2) is 5.57. The second-order valence-corrected chi connectivity index (χ2v) is 7.51. The molecule has 0 aromatic carbocycles. The van der Waals surface area contributed by atoms with Gasteiger partial charge in [-0.15, -0.1) is 23.5 Å². The summed E-state index contributed by atoms with van der Waals surface area (Å²) >= 11 is 2.61. The van der Waals surface area contributed by atoms with Gasteiger partial charge in [-0.1, -0.05) is 27.7 Å². The van der Waals surface area contributed by atoms with E-state index in [2.05, 4.69) is 27.7 Å². The first kappa shape index (κ1) is 15.4. The molecule has 0 aromatic heterocycles. The van der Waals surface area contributed by atoms with Crippen molar-refractivity contribution in [3.05, 3.63) is 9.81 Å². The molecule has 1 fully saturated rings. The van der Waals surface area contributed by atoms with Gasteiger partial charge in [0.1, 0.15) is 0 Å². The number of carbonyl (C=O) groups is 2. The summed E-state index contributed by atoms with van der Waals surface area (Å²) in [5, 5.41) is 21.7. The van der Waals surface area contributed by atoms with E-state index in [0.717, 1.165) is 0 Å². The number of aliphatic carboxylic acids is 2. The molecule has 0 saturated carbocycles. The van der Waals surface area contributed by atoms with Gasteiger partial charge in [0.25, 0.3) is 0 Å². The summed E-state index contributed by atoms with van der Waals surface area (Å²) in [4.78, 5) is 21.7. The Bertz CT molecular complexity index is 375. The van der Waals surface area contributed by atoms with Gasteiger partial charge in [-0.05, 0) is 11.8 Å². The van der Waals surface area contributed by atoms with Crippen LogP contribution in [0.1, 0.15) is 27.7 Å². The van der Waals surface area contributed by atoms with Crippen molar-refractivity contribution in [2.24, 2.45) is 11.8 Å². The molecule has 18 heavy (non-hydrogen) atoms. The third-order valence-electron chi connectivity index (χ3n) is 3.28. The third-order valence-corrected chi connectivity index (χ3v) is 7.01. The Morgan fingerprint density at radius 2 is 1.56 bits per heavy atom. The number of hydrogen-bond acceptors (Lipinski definition) is 6. The standard InChI is InChI=1S/C12H18O4S2/c1-6(2)12(7(3)4)5-17-11(18-12)8(9(13)14)10(15)16/h6-7H,5H2,1-4H3,(H,13,14)(H,15,16)/p-2. The molecule has 1 rings (SSSR count). The van der Waals surface area contributed by atoms with Gasteiger partial charge in [0.2, 0.25) is 0 Å². The fourth-order valence-electron chi connectivity index (χ4n) is 2.02. The molecule has 1 heterocycles. The van der Waals surface area contributed by atoms with Crippen LogP contribution in [0.2, 0.25) is 0 Å². The molecule has 0 atom stereocenters. The number of rotatable bonds is 4. The van der Waals surface area contributed by atoms with Crippen LogP contribution in [-0.4, -0.2) is 22.4 Å². The maximum atomic E-state index is 10.9. The lowest BCUT2D eigenvalue weighted by Crippen LogP contribution is -2.38. The number of carboxylic acids is 2. The van der Waals surface area contributed by atoms with Crippen molar-refractivity contribution in [2.45, 2.75) is 32.4 Å². The van der Waals surface area contributed by atoms with Crippen molar-refractivity contribution in [1.29, 1.82) is 0 Å². The highest BCUT2D eigenvalue weighted by Crippen LogP contribution is 2.56. The van der Waals surface area contributed by atoms with E-state index < -0.39 is 17.5 Å². The molecule has 1 saturated heterocycles. The van der Waals surface area contributed by atoms with Gasteiger partial charge in [0.15, 0.2) is 0 Å². The van der Waals surface area contributed by atoms with Crippen molar-refractivity contribution in [3.8, 4) is 0 Å². The number of carbonyl (C=O) groups excluding carboxylic acids is 2. The first-order valence-corrected chi connectivity index (χ1v) is 7.51. The zero-order valence-electron chi connectivity index (χ0n) is 10.8. The van der Waals surface area contributed by atoms with Crippen molar-refractivity contribution in [2.75, 3.05) is 5.75 Å². The van der Waals surface area contributed by atoms with Crippen molar-refractivity contribution in [1.82, 2.24) is 0 Å². The average Bonchev–Trinajstić information content (AvgIpc) is 2.62. The largest absolute Gasteiger partial charge is 0.545 e. The van der Waals surface area contributed by atoms with Gasteiger partial charge in [-0.3, -0.25) is 0 Å². The summed E-state index contributed by atoms with van der Waals surface area (Å²) in [6.45, 7) is 8.25. The Labute approximate surface area is 115 Å². The molecule has 0 aliphatic carbocycles. The highest BCUT2D eigenvalue weighted by Gasteiger charge is 2.44. The van der Waals surface area contributed by atoms with Gasteiger partial charge in [0.05, 0.1) is 16.2 Å². The zero-order chi connectivity index (χ0) is 14.1. The molecular weight excluding hydrogens is 272 g/mol. The summed E-state index contributed by atoms with van der Waals surface area (Å²) in [5.41, 5.74) is -0.715. The molecule has 1 aliphatic heterocycles. The SMILES string of the molecule is CC(C)C1(C(C)C)CSC(=C(C(=O)[O-])C(=O)[O-])S1. The summed E-state index contributed by atoms with van der Waals surface area (Å²) in [5.74, 6) is -2.01. The quantitative estimate of drug-likeness (QED) is 0.418. The predicted octanol–water partition coefficient (Wildman–Crippen LogP) is 0.229. The molecule has 0 spiro atoms. The molecule has 0 N–H and O–H groups in total. The van der Waals surface area contributed by atoms with E-state index in [-0.39, 0.29) is 4.75 Å². The Morgan fingerprint density at radius 1 is 1.11 bits per heavy atom. The molecule has 0 bridgehead atoms. The van der Waals surface area contributed by atoms with E-state index in [0.29, 0.717) is 21.8 Å². The minimum Gasteiger partial charge on any atom is -0.545 e. The van der Waals surface area contributed by atoms with E-state index in [4.69, 9.17) is 0 Å². The fourth-order valence-corrected chi connectivity index (χ4v) is 5.73. The second-order valence-electron chi connectivity index (χ2n) is 4.89. The minimum atomic E-state index is -1.67. The van der Waals surface area contributed by atoms with Crippen LogP contribution in [0, 0.1) is 11.8 Å². The van der Waals surface area contributed by atoms with Crippen LogP contribution in [0.15, 0.2) is 9.81 Å². The van der Waals surface area contributed by atoms with E-state index in [9.17, 15) is 19.8 Å². The van der Waals surface area contributed by atoms with E-state index in [1.165, 1.54) is 23.5 Å². The third kappa shape index (κ3) is 2.69. The van der Waals surface area contributed by atoms with Crippen molar-refractivity contribution < 1.29 is 19.8 Å². The summed E-state index contributed by atoms with van der Waals surface area (Å²) in [6.07, 6.45) is 0. The lowest BCUT2D eigenvalue weighted by molar-refractivity contribution is -0.312. The number of thioether (sulfide) groups is 2. The lowest BCUT2D eigenvalue weighted by atomic mass is 9.86. The summed E-state index contributed by atoms with van der Waals surface area (Å²) < 4.78 is 0.160.